The smallest absolute Gasteiger partial charge is 0.285 e. The van der Waals surface area contributed by atoms with E-state index in [1.54, 1.807) is 23.4 Å². The van der Waals surface area contributed by atoms with Gasteiger partial charge in [-0.2, -0.15) is 0 Å². The number of nitrogens with zero attached hydrogens (tertiary/aromatic N) is 4. The fourth-order valence-electron chi connectivity index (χ4n) is 2.93. The third kappa shape index (κ3) is 5.13. The molecule has 3 rings (SSSR count). The number of aryl methyl sites for hydroxylation is 1. The molecule has 0 spiro atoms. The van der Waals surface area contributed by atoms with Crippen LogP contribution in [0.2, 0.25) is 0 Å². The largest absolute Gasteiger partial charge is 0.332 e. The molecule has 2 aromatic heterocycles. The lowest BCUT2D eigenvalue weighted by atomic mass is 10.1. The second kappa shape index (κ2) is 8.92. The lowest BCUT2D eigenvalue weighted by Gasteiger charge is -2.24. The molecule has 0 fully saturated rings. The fourth-order valence-corrected chi connectivity index (χ4v) is 2.93. The van der Waals surface area contributed by atoms with Crippen LogP contribution in [-0.4, -0.2) is 25.3 Å². The molecule has 0 unspecified atom stereocenters. The first-order chi connectivity index (χ1) is 13.9. The van der Waals surface area contributed by atoms with Crippen molar-refractivity contribution in [1.82, 2.24) is 14.5 Å². The Morgan fingerprint density at radius 3 is 2.62 bits per heavy atom. The van der Waals surface area contributed by atoms with Gasteiger partial charge in [-0.15, -0.1) is 0 Å². The number of carbonyl (C=O) groups excluding carboxylic acids is 1. The molecule has 8 nitrogen and oxygen atoms in total. The monoisotopic (exact) mass is 392 g/mol. The van der Waals surface area contributed by atoms with Gasteiger partial charge in [-0.3, -0.25) is 29.3 Å². The Kier molecular flexibility index (Phi) is 6.13. The average Bonchev–Trinajstić information content (AvgIpc) is 2.71. The Balaban J connectivity index is 1.88. The van der Waals surface area contributed by atoms with Crippen molar-refractivity contribution in [2.45, 2.75) is 26.6 Å². The number of amides is 1. The molecule has 8 heteroatoms. The van der Waals surface area contributed by atoms with Crippen LogP contribution in [0.15, 0.2) is 71.9 Å². The topological polar surface area (TPSA) is 98.3 Å². The minimum Gasteiger partial charge on any atom is -0.332 e. The summed E-state index contributed by atoms with van der Waals surface area (Å²) < 4.78 is 1.06. The third-order valence-corrected chi connectivity index (χ3v) is 4.56. The number of rotatable bonds is 7. The summed E-state index contributed by atoms with van der Waals surface area (Å²) in [6.45, 7) is 2.34. The van der Waals surface area contributed by atoms with Crippen molar-refractivity contribution in [3.8, 4) is 0 Å². The molecule has 2 heterocycles. The normalized spacial score (nSPS) is 10.5. The summed E-state index contributed by atoms with van der Waals surface area (Å²) in [6, 6.07) is 13.6. The van der Waals surface area contributed by atoms with Crippen molar-refractivity contribution in [2.75, 3.05) is 0 Å². The number of benzene rings is 1. The van der Waals surface area contributed by atoms with E-state index in [-0.39, 0.29) is 18.1 Å². The Bertz CT molecular complexity index is 1080. The van der Waals surface area contributed by atoms with Crippen LogP contribution in [0.3, 0.4) is 0 Å². The second-order valence-electron chi connectivity index (χ2n) is 6.65. The Labute approximate surface area is 167 Å². The molecule has 0 radical (unpaired) electrons. The summed E-state index contributed by atoms with van der Waals surface area (Å²) in [5.74, 6) is -0.320. The van der Waals surface area contributed by atoms with Gasteiger partial charge in [-0.25, -0.2) is 0 Å². The van der Waals surface area contributed by atoms with E-state index in [9.17, 15) is 19.7 Å². The van der Waals surface area contributed by atoms with Crippen molar-refractivity contribution in [2.24, 2.45) is 0 Å². The Hall–Kier alpha value is -3.81. The van der Waals surface area contributed by atoms with E-state index >= 15 is 0 Å². The Morgan fingerprint density at radius 1 is 1.14 bits per heavy atom. The molecule has 1 aromatic carbocycles. The maximum Gasteiger partial charge on any atom is 0.285 e. The van der Waals surface area contributed by atoms with Crippen molar-refractivity contribution >= 4 is 11.6 Å². The zero-order valence-electron chi connectivity index (χ0n) is 15.9. The SMILES string of the molecule is Cc1ccccc1CN(Cc1cccnc1)C(=O)Cn1cc([N+](=O)[O-])ccc1=O. The number of hydrogen-bond acceptors (Lipinski definition) is 5. The van der Waals surface area contributed by atoms with Crippen LogP contribution >= 0.6 is 0 Å². The van der Waals surface area contributed by atoms with E-state index in [0.717, 1.165) is 39.6 Å². The predicted molar refractivity (Wildman–Crippen MR) is 107 cm³/mol. The first-order valence-electron chi connectivity index (χ1n) is 9.00. The molecule has 0 aliphatic heterocycles. The minimum atomic E-state index is -0.596. The number of aromatic nitrogens is 2. The highest BCUT2D eigenvalue weighted by Gasteiger charge is 2.18. The summed E-state index contributed by atoms with van der Waals surface area (Å²) in [4.78, 5) is 41.2. The van der Waals surface area contributed by atoms with E-state index in [1.807, 2.05) is 37.3 Å². The highest BCUT2D eigenvalue weighted by Crippen LogP contribution is 2.14. The minimum absolute atomic E-state index is 0.241. The third-order valence-electron chi connectivity index (χ3n) is 4.56. The molecule has 0 saturated carbocycles. The van der Waals surface area contributed by atoms with Gasteiger partial charge < -0.3 is 4.90 Å². The lowest BCUT2D eigenvalue weighted by molar-refractivity contribution is -0.385. The number of hydrogen-bond donors (Lipinski definition) is 0. The Morgan fingerprint density at radius 2 is 1.93 bits per heavy atom. The van der Waals surface area contributed by atoms with E-state index in [2.05, 4.69) is 4.98 Å². The summed E-state index contributed by atoms with van der Waals surface area (Å²) >= 11 is 0. The fraction of sp³-hybridized carbons (Fsp3) is 0.190. The van der Waals surface area contributed by atoms with Crippen molar-refractivity contribution in [3.63, 3.8) is 0 Å². The summed E-state index contributed by atoms with van der Waals surface area (Å²) in [5, 5.41) is 11.0. The van der Waals surface area contributed by atoms with Gasteiger partial charge in [0.1, 0.15) is 6.54 Å². The maximum atomic E-state index is 13.0. The molecule has 29 heavy (non-hydrogen) atoms. The van der Waals surface area contributed by atoms with Crippen LogP contribution in [0, 0.1) is 17.0 Å². The van der Waals surface area contributed by atoms with Crippen LogP contribution in [0.5, 0.6) is 0 Å². The molecular weight excluding hydrogens is 372 g/mol. The average molecular weight is 392 g/mol. The van der Waals surface area contributed by atoms with Crippen LogP contribution < -0.4 is 5.56 Å². The van der Waals surface area contributed by atoms with E-state index < -0.39 is 10.5 Å². The molecule has 0 bridgehead atoms. The first-order valence-corrected chi connectivity index (χ1v) is 9.00. The number of carbonyl (C=O) groups is 1. The van der Waals surface area contributed by atoms with Gasteiger partial charge >= 0.3 is 0 Å². The molecule has 0 N–H and O–H groups in total. The van der Waals surface area contributed by atoms with Crippen LogP contribution in [0.4, 0.5) is 5.69 Å². The highest BCUT2D eigenvalue weighted by molar-refractivity contribution is 5.76. The maximum absolute atomic E-state index is 13.0. The van der Waals surface area contributed by atoms with Crippen LogP contribution in [0.1, 0.15) is 16.7 Å². The van der Waals surface area contributed by atoms with Gasteiger partial charge in [0.05, 0.1) is 11.1 Å². The molecule has 3 aromatic rings. The molecular formula is C21H20N4O4. The van der Waals surface area contributed by atoms with Crippen molar-refractivity contribution < 1.29 is 9.72 Å². The van der Waals surface area contributed by atoms with Gasteiger partial charge in [0, 0.05) is 37.6 Å². The molecule has 0 atom stereocenters. The predicted octanol–water partition coefficient (Wildman–Crippen LogP) is 2.69. The van der Waals surface area contributed by atoms with Gasteiger partial charge in [0.2, 0.25) is 5.91 Å². The molecule has 148 valence electrons. The zero-order chi connectivity index (χ0) is 20.8. The van der Waals surface area contributed by atoms with Gasteiger partial charge in [0.15, 0.2) is 0 Å². The zero-order valence-corrected chi connectivity index (χ0v) is 15.9. The highest BCUT2D eigenvalue weighted by atomic mass is 16.6. The molecule has 1 amide bonds. The van der Waals surface area contributed by atoms with E-state index in [0.29, 0.717) is 13.1 Å². The molecule has 0 aliphatic rings. The summed E-state index contributed by atoms with van der Waals surface area (Å²) in [7, 11) is 0. The summed E-state index contributed by atoms with van der Waals surface area (Å²) in [6.07, 6.45) is 4.42. The quantitative estimate of drug-likeness (QED) is 0.455. The summed E-state index contributed by atoms with van der Waals surface area (Å²) in [5.41, 5.74) is 2.16. The van der Waals surface area contributed by atoms with Crippen LogP contribution in [-0.2, 0) is 24.4 Å². The van der Waals surface area contributed by atoms with Crippen molar-refractivity contribution in [3.05, 3.63) is 104 Å². The number of pyridine rings is 2. The van der Waals surface area contributed by atoms with Crippen LogP contribution in [0.25, 0.3) is 0 Å². The number of nitro groups is 1. The molecule has 0 saturated heterocycles. The standard InChI is InChI=1S/C21H20N4O4/c1-16-5-2-3-7-18(16)13-23(12-17-6-4-10-22-11-17)21(27)15-24-14-19(25(28)29)8-9-20(24)26/h2-11,14H,12-13,15H2,1H3. The lowest BCUT2D eigenvalue weighted by Crippen LogP contribution is -2.35. The second-order valence-corrected chi connectivity index (χ2v) is 6.65. The van der Waals surface area contributed by atoms with E-state index in [1.165, 1.54) is 0 Å². The van der Waals surface area contributed by atoms with Gasteiger partial charge in [-0.05, 0) is 29.7 Å². The first kappa shape index (κ1) is 19.9. The van der Waals surface area contributed by atoms with Gasteiger partial charge in [0.25, 0.3) is 11.2 Å². The molecule has 0 aliphatic carbocycles. The van der Waals surface area contributed by atoms with E-state index in [4.69, 9.17) is 0 Å². The van der Waals surface area contributed by atoms with Crippen molar-refractivity contribution in [1.29, 1.82) is 0 Å². The van der Waals surface area contributed by atoms with Gasteiger partial charge in [-0.1, -0.05) is 30.3 Å².